The molecule has 1 aromatic heterocycles. The number of likely N-dealkylation sites (N-methyl/N-ethyl adjacent to an activating group) is 1. The summed E-state index contributed by atoms with van der Waals surface area (Å²) in [6, 6.07) is 7.42. The zero-order chi connectivity index (χ0) is 13.8. The monoisotopic (exact) mass is 278 g/mol. The van der Waals surface area contributed by atoms with Crippen LogP contribution < -0.4 is 5.73 Å². The summed E-state index contributed by atoms with van der Waals surface area (Å²) in [6.45, 7) is 0.716. The molecule has 1 heterocycles. The van der Waals surface area contributed by atoms with E-state index in [4.69, 9.17) is 17.3 Å². The Kier molecular flexibility index (Phi) is 4.06. The third-order valence-electron chi connectivity index (χ3n) is 2.71. The number of nitrogens with zero attached hydrogens (tertiary/aromatic N) is 3. The number of carbonyl (C=O) groups is 1. The van der Waals surface area contributed by atoms with E-state index in [1.54, 1.807) is 18.1 Å². The van der Waals surface area contributed by atoms with Crippen molar-refractivity contribution in [2.24, 2.45) is 0 Å². The lowest BCUT2D eigenvalue weighted by Gasteiger charge is -2.17. The Bertz CT molecular complexity index is 564. The van der Waals surface area contributed by atoms with Gasteiger partial charge in [-0.15, -0.1) is 0 Å². The molecule has 0 saturated heterocycles. The third-order valence-corrected chi connectivity index (χ3v) is 2.96. The Hall–Kier alpha value is -2.01. The van der Waals surface area contributed by atoms with Crippen LogP contribution in [0.25, 0.3) is 0 Å². The fraction of sp³-hybridized carbons (Fsp3) is 0.231. The van der Waals surface area contributed by atoms with Crippen LogP contribution in [0.1, 0.15) is 5.56 Å². The summed E-state index contributed by atoms with van der Waals surface area (Å²) < 4.78 is 1.52. The number of benzene rings is 1. The number of nitrogens with two attached hydrogens (primary N) is 1. The molecule has 5 nitrogen and oxygen atoms in total. The van der Waals surface area contributed by atoms with Crippen LogP contribution in [0.2, 0.25) is 5.02 Å². The third kappa shape index (κ3) is 3.72. The van der Waals surface area contributed by atoms with Gasteiger partial charge in [-0.05, 0) is 17.7 Å². The lowest BCUT2D eigenvalue weighted by Crippen LogP contribution is -2.29. The minimum absolute atomic E-state index is 0.0296. The van der Waals surface area contributed by atoms with Crippen LogP contribution >= 0.6 is 11.6 Å². The number of anilines is 1. The number of hydrogen-bond acceptors (Lipinski definition) is 3. The molecule has 0 aliphatic rings. The van der Waals surface area contributed by atoms with E-state index in [9.17, 15) is 4.79 Å². The van der Waals surface area contributed by atoms with Crippen molar-refractivity contribution in [2.75, 3.05) is 12.8 Å². The standard InChI is InChI=1S/C13H15ClN4O/c1-17(7-10-2-4-11(14)5-3-10)13(19)9-18-8-12(15)6-16-18/h2-6,8H,7,9,15H2,1H3. The maximum atomic E-state index is 12.0. The average molecular weight is 279 g/mol. The normalized spacial score (nSPS) is 10.4. The summed E-state index contributed by atoms with van der Waals surface area (Å²) in [6.07, 6.45) is 3.15. The highest BCUT2D eigenvalue weighted by atomic mass is 35.5. The number of rotatable bonds is 4. The summed E-state index contributed by atoms with van der Waals surface area (Å²) >= 11 is 5.82. The zero-order valence-electron chi connectivity index (χ0n) is 10.6. The molecule has 2 aromatic rings. The van der Waals surface area contributed by atoms with Gasteiger partial charge in [0.25, 0.3) is 0 Å². The number of halogens is 1. The summed E-state index contributed by atoms with van der Waals surface area (Å²) in [7, 11) is 1.75. The molecule has 0 bridgehead atoms. The molecule has 0 fully saturated rings. The molecule has 2 N–H and O–H groups in total. The first-order valence-electron chi connectivity index (χ1n) is 5.81. The van der Waals surface area contributed by atoms with Gasteiger partial charge in [-0.25, -0.2) is 0 Å². The van der Waals surface area contributed by atoms with E-state index in [1.165, 1.54) is 10.9 Å². The Balaban J connectivity index is 1.94. The van der Waals surface area contributed by atoms with Gasteiger partial charge in [0.05, 0.1) is 11.9 Å². The van der Waals surface area contributed by atoms with Gasteiger partial charge in [-0.1, -0.05) is 23.7 Å². The second-order valence-electron chi connectivity index (χ2n) is 4.35. The van der Waals surface area contributed by atoms with Crippen LogP contribution in [0, 0.1) is 0 Å². The lowest BCUT2D eigenvalue weighted by atomic mass is 10.2. The van der Waals surface area contributed by atoms with Crippen molar-refractivity contribution < 1.29 is 4.79 Å². The Morgan fingerprint density at radius 2 is 2.11 bits per heavy atom. The van der Waals surface area contributed by atoms with Crippen molar-refractivity contribution in [2.45, 2.75) is 13.1 Å². The SMILES string of the molecule is CN(Cc1ccc(Cl)cc1)C(=O)Cn1cc(N)cn1. The average Bonchev–Trinajstić information content (AvgIpc) is 2.77. The summed E-state index contributed by atoms with van der Waals surface area (Å²) in [4.78, 5) is 13.6. The smallest absolute Gasteiger partial charge is 0.244 e. The second-order valence-corrected chi connectivity index (χ2v) is 4.78. The molecular formula is C13H15ClN4O. The molecule has 1 aromatic carbocycles. The minimum atomic E-state index is -0.0296. The van der Waals surface area contributed by atoms with Gasteiger partial charge in [0, 0.05) is 24.8 Å². The van der Waals surface area contributed by atoms with Crippen LogP contribution in [0.3, 0.4) is 0 Å². The van der Waals surface area contributed by atoms with Gasteiger partial charge in [0.1, 0.15) is 6.54 Å². The summed E-state index contributed by atoms with van der Waals surface area (Å²) in [5.74, 6) is -0.0296. The fourth-order valence-electron chi connectivity index (χ4n) is 1.68. The molecule has 0 radical (unpaired) electrons. The predicted molar refractivity (Wildman–Crippen MR) is 74.6 cm³/mol. The van der Waals surface area contributed by atoms with Crippen molar-refractivity contribution in [3.63, 3.8) is 0 Å². The Labute approximate surface area is 116 Å². The Morgan fingerprint density at radius 3 is 2.68 bits per heavy atom. The number of nitrogen functional groups attached to an aromatic ring is 1. The van der Waals surface area contributed by atoms with Crippen LogP contribution in [0.4, 0.5) is 5.69 Å². The molecule has 1 amide bonds. The van der Waals surface area contributed by atoms with E-state index in [1.807, 2.05) is 24.3 Å². The zero-order valence-corrected chi connectivity index (χ0v) is 11.3. The van der Waals surface area contributed by atoms with Crippen LogP contribution in [-0.4, -0.2) is 27.6 Å². The van der Waals surface area contributed by atoms with E-state index in [0.29, 0.717) is 17.3 Å². The van der Waals surface area contributed by atoms with Crippen molar-refractivity contribution in [1.29, 1.82) is 0 Å². The highest BCUT2D eigenvalue weighted by Gasteiger charge is 2.10. The first-order valence-corrected chi connectivity index (χ1v) is 6.19. The molecule has 0 saturated carbocycles. The highest BCUT2D eigenvalue weighted by molar-refractivity contribution is 6.30. The van der Waals surface area contributed by atoms with Gasteiger partial charge in [0.15, 0.2) is 0 Å². The van der Waals surface area contributed by atoms with Gasteiger partial charge in [-0.2, -0.15) is 5.10 Å². The van der Waals surface area contributed by atoms with E-state index >= 15 is 0 Å². The van der Waals surface area contributed by atoms with Gasteiger partial charge >= 0.3 is 0 Å². The first-order chi connectivity index (χ1) is 9.04. The van der Waals surface area contributed by atoms with E-state index in [2.05, 4.69) is 5.10 Å². The van der Waals surface area contributed by atoms with Crippen molar-refractivity contribution in [1.82, 2.24) is 14.7 Å². The number of aromatic nitrogens is 2. The molecule has 0 aliphatic heterocycles. The predicted octanol–water partition coefficient (Wildman–Crippen LogP) is 1.78. The molecule has 19 heavy (non-hydrogen) atoms. The number of amides is 1. The summed E-state index contributed by atoms with van der Waals surface area (Å²) in [5, 5.41) is 4.67. The quantitative estimate of drug-likeness (QED) is 0.927. The minimum Gasteiger partial charge on any atom is -0.396 e. The largest absolute Gasteiger partial charge is 0.396 e. The lowest BCUT2D eigenvalue weighted by molar-refractivity contribution is -0.131. The Morgan fingerprint density at radius 1 is 1.42 bits per heavy atom. The second kappa shape index (κ2) is 5.75. The maximum Gasteiger partial charge on any atom is 0.244 e. The number of hydrogen-bond donors (Lipinski definition) is 1. The molecule has 0 spiro atoms. The fourth-order valence-corrected chi connectivity index (χ4v) is 1.80. The van der Waals surface area contributed by atoms with E-state index < -0.39 is 0 Å². The number of carbonyl (C=O) groups excluding carboxylic acids is 1. The van der Waals surface area contributed by atoms with Crippen molar-refractivity contribution >= 4 is 23.2 Å². The van der Waals surface area contributed by atoms with Crippen molar-refractivity contribution in [3.8, 4) is 0 Å². The van der Waals surface area contributed by atoms with Crippen LogP contribution in [-0.2, 0) is 17.9 Å². The maximum absolute atomic E-state index is 12.0. The molecular weight excluding hydrogens is 264 g/mol. The van der Waals surface area contributed by atoms with E-state index in [0.717, 1.165) is 5.56 Å². The molecule has 100 valence electrons. The molecule has 0 aliphatic carbocycles. The van der Waals surface area contributed by atoms with Crippen LogP contribution in [0.5, 0.6) is 0 Å². The molecule has 0 unspecified atom stereocenters. The molecule has 2 rings (SSSR count). The topological polar surface area (TPSA) is 64.2 Å². The van der Waals surface area contributed by atoms with E-state index in [-0.39, 0.29) is 12.5 Å². The summed E-state index contributed by atoms with van der Waals surface area (Å²) in [5.41, 5.74) is 7.12. The van der Waals surface area contributed by atoms with Gasteiger partial charge < -0.3 is 10.6 Å². The van der Waals surface area contributed by atoms with Crippen LogP contribution in [0.15, 0.2) is 36.7 Å². The van der Waals surface area contributed by atoms with Gasteiger partial charge in [0.2, 0.25) is 5.91 Å². The first kappa shape index (κ1) is 13.4. The highest BCUT2D eigenvalue weighted by Crippen LogP contribution is 2.11. The molecule has 0 atom stereocenters. The molecule has 6 heteroatoms. The van der Waals surface area contributed by atoms with Gasteiger partial charge in [-0.3, -0.25) is 9.48 Å². The van der Waals surface area contributed by atoms with Crippen molar-refractivity contribution in [3.05, 3.63) is 47.2 Å².